The fourth-order valence-electron chi connectivity index (χ4n) is 1.82. The number of carbonyl (C=O) groups is 1. The van der Waals surface area contributed by atoms with Gasteiger partial charge in [-0.3, -0.25) is 20.0 Å². The van der Waals surface area contributed by atoms with Gasteiger partial charge in [0, 0.05) is 31.1 Å². The van der Waals surface area contributed by atoms with Gasteiger partial charge in [-0.25, -0.2) is 10.5 Å². The maximum absolute atomic E-state index is 12.1. The summed E-state index contributed by atoms with van der Waals surface area (Å²) in [5, 5.41) is 13.1. The number of aliphatic hydroxyl groups excluding tert-OH is 1. The number of aromatic nitrogens is 3. The molecule has 2 rings (SSSR count). The first-order valence-electron chi connectivity index (χ1n) is 6.31. The number of hydrogen-bond acceptors (Lipinski definition) is 6. The summed E-state index contributed by atoms with van der Waals surface area (Å²) in [6.07, 6.45) is 3.53. The molecule has 2 aromatic heterocycles. The molecule has 0 fully saturated rings. The lowest BCUT2D eigenvalue weighted by Gasteiger charge is -2.09. The van der Waals surface area contributed by atoms with Gasteiger partial charge >= 0.3 is 0 Å². The second kappa shape index (κ2) is 6.73. The van der Waals surface area contributed by atoms with Crippen molar-refractivity contribution in [3.63, 3.8) is 0 Å². The predicted molar refractivity (Wildman–Crippen MR) is 75.1 cm³/mol. The molecule has 0 aliphatic carbocycles. The summed E-state index contributed by atoms with van der Waals surface area (Å²) >= 11 is 0. The molecule has 0 atom stereocenters. The van der Waals surface area contributed by atoms with Crippen molar-refractivity contribution < 1.29 is 9.90 Å². The Bertz CT molecular complexity index is 684. The Balaban J connectivity index is 2.56. The minimum absolute atomic E-state index is 0.0774. The highest BCUT2D eigenvalue weighted by Crippen LogP contribution is 2.15. The maximum atomic E-state index is 12.1. The van der Waals surface area contributed by atoms with E-state index in [1.54, 1.807) is 24.5 Å². The second-order valence-corrected chi connectivity index (χ2v) is 4.26. The van der Waals surface area contributed by atoms with Crippen molar-refractivity contribution in [1.29, 1.82) is 0 Å². The lowest BCUT2D eigenvalue weighted by atomic mass is 10.1. The Morgan fingerprint density at radius 3 is 2.71 bits per heavy atom. The predicted octanol–water partition coefficient (Wildman–Crippen LogP) is -0.709. The maximum Gasteiger partial charge on any atom is 0.279 e. The molecule has 8 heteroatoms. The Hall–Kier alpha value is -2.58. The largest absolute Gasteiger partial charge is 0.396 e. The normalized spacial score (nSPS) is 10.4. The van der Waals surface area contributed by atoms with Crippen LogP contribution < -0.4 is 16.8 Å². The van der Waals surface area contributed by atoms with Gasteiger partial charge in [-0.05, 0) is 24.6 Å². The minimum Gasteiger partial charge on any atom is -0.396 e. The van der Waals surface area contributed by atoms with Gasteiger partial charge in [-0.1, -0.05) is 0 Å². The molecule has 21 heavy (non-hydrogen) atoms. The number of hydrazine groups is 1. The van der Waals surface area contributed by atoms with E-state index in [9.17, 15) is 9.59 Å². The molecule has 4 N–H and O–H groups in total. The number of nitrogens with zero attached hydrogens (tertiary/aromatic N) is 3. The van der Waals surface area contributed by atoms with Gasteiger partial charge in [0.05, 0.1) is 5.69 Å². The first kappa shape index (κ1) is 14.8. The van der Waals surface area contributed by atoms with Crippen LogP contribution in [0.5, 0.6) is 0 Å². The Morgan fingerprint density at radius 1 is 1.38 bits per heavy atom. The van der Waals surface area contributed by atoms with E-state index in [1.165, 1.54) is 6.07 Å². The smallest absolute Gasteiger partial charge is 0.279 e. The number of carbonyl (C=O) groups excluding carboxylic acids is 1. The zero-order valence-corrected chi connectivity index (χ0v) is 11.2. The van der Waals surface area contributed by atoms with Gasteiger partial charge < -0.3 is 5.11 Å². The summed E-state index contributed by atoms with van der Waals surface area (Å²) in [6.45, 7) is 0.130. The quantitative estimate of drug-likeness (QED) is 0.379. The molecule has 110 valence electrons. The van der Waals surface area contributed by atoms with Gasteiger partial charge in [0.2, 0.25) is 0 Å². The topological polar surface area (TPSA) is 123 Å². The third-order valence-electron chi connectivity index (χ3n) is 2.85. The standard InChI is InChI=1S/C13H15N5O3/c14-16-12(20)10-8-11(9-2-4-15-5-3-9)17-18(13(10)21)6-1-7-19/h2-5,8,19H,1,6-7,14H2,(H,16,20). The fraction of sp³-hybridized carbons (Fsp3) is 0.231. The number of pyridine rings is 1. The second-order valence-electron chi connectivity index (χ2n) is 4.26. The molecular weight excluding hydrogens is 274 g/mol. The summed E-state index contributed by atoms with van der Waals surface area (Å²) < 4.78 is 1.15. The van der Waals surface area contributed by atoms with Crippen LogP contribution in [0.1, 0.15) is 16.8 Å². The number of hydrogen-bond donors (Lipinski definition) is 3. The van der Waals surface area contributed by atoms with Crippen molar-refractivity contribution in [2.45, 2.75) is 13.0 Å². The van der Waals surface area contributed by atoms with Crippen molar-refractivity contribution >= 4 is 5.91 Å². The van der Waals surface area contributed by atoms with Crippen molar-refractivity contribution in [2.75, 3.05) is 6.61 Å². The van der Waals surface area contributed by atoms with E-state index in [-0.39, 0.29) is 18.7 Å². The summed E-state index contributed by atoms with van der Waals surface area (Å²) in [5.74, 6) is 4.41. The molecule has 0 aliphatic heterocycles. The summed E-state index contributed by atoms with van der Waals surface area (Å²) in [7, 11) is 0. The number of nitrogen functional groups attached to an aromatic ring is 1. The van der Waals surface area contributed by atoms with E-state index < -0.39 is 11.5 Å². The molecule has 0 spiro atoms. The number of amides is 1. The van der Waals surface area contributed by atoms with Crippen molar-refractivity contribution in [2.24, 2.45) is 5.84 Å². The molecule has 2 aromatic rings. The number of rotatable bonds is 5. The zero-order valence-electron chi connectivity index (χ0n) is 11.2. The van der Waals surface area contributed by atoms with Gasteiger partial charge in [-0.15, -0.1) is 0 Å². The lowest BCUT2D eigenvalue weighted by Crippen LogP contribution is -2.37. The number of aryl methyl sites for hydroxylation is 1. The van der Waals surface area contributed by atoms with E-state index in [0.717, 1.165) is 4.68 Å². The third kappa shape index (κ3) is 3.30. The summed E-state index contributed by atoms with van der Waals surface area (Å²) in [4.78, 5) is 27.8. The van der Waals surface area contributed by atoms with E-state index in [1.807, 2.05) is 5.43 Å². The molecule has 0 bridgehead atoms. The number of aliphatic hydroxyl groups is 1. The van der Waals surface area contributed by atoms with Gasteiger partial charge in [0.15, 0.2) is 0 Å². The van der Waals surface area contributed by atoms with Crippen molar-refractivity contribution in [1.82, 2.24) is 20.2 Å². The first-order valence-corrected chi connectivity index (χ1v) is 6.31. The molecular formula is C13H15N5O3. The van der Waals surface area contributed by atoms with Crippen molar-refractivity contribution in [3.8, 4) is 11.3 Å². The number of nitrogens with two attached hydrogens (primary N) is 1. The molecule has 0 saturated heterocycles. The van der Waals surface area contributed by atoms with Crippen LogP contribution in [0.25, 0.3) is 11.3 Å². The average Bonchev–Trinajstić information content (AvgIpc) is 2.54. The highest BCUT2D eigenvalue weighted by molar-refractivity contribution is 5.94. The molecule has 0 radical (unpaired) electrons. The molecule has 8 nitrogen and oxygen atoms in total. The van der Waals surface area contributed by atoms with Crippen LogP contribution in [0.2, 0.25) is 0 Å². The lowest BCUT2D eigenvalue weighted by molar-refractivity contribution is 0.0951. The van der Waals surface area contributed by atoms with E-state index >= 15 is 0 Å². The van der Waals surface area contributed by atoms with Gasteiger partial charge in [0.1, 0.15) is 5.56 Å². The van der Waals surface area contributed by atoms with Gasteiger partial charge in [0.25, 0.3) is 11.5 Å². The van der Waals surface area contributed by atoms with E-state index in [4.69, 9.17) is 10.9 Å². The van der Waals surface area contributed by atoms with Gasteiger partial charge in [-0.2, -0.15) is 5.10 Å². The van der Waals surface area contributed by atoms with Crippen molar-refractivity contribution in [3.05, 3.63) is 46.5 Å². The number of nitrogens with one attached hydrogen (secondary N) is 1. The van der Waals surface area contributed by atoms with E-state index in [0.29, 0.717) is 17.7 Å². The average molecular weight is 289 g/mol. The minimum atomic E-state index is -0.685. The van der Waals surface area contributed by atoms with Crippen LogP contribution in [0.3, 0.4) is 0 Å². The SMILES string of the molecule is NNC(=O)c1cc(-c2ccncc2)nn(CCCO)c1=O. The highest BCUT2D eigenvalue weighted by atomic mass is 16.3. The highest BCUT2D eigenvalue weighted by Gasteiger charge is 2.15. The molecule has 0 saturated carbocycles. The summed E-state index contributed by atoms with van der Waals surface area (Å²) in [5.41, 5.74) is 2.46. The van der Waals surface area contributed by atoms with Crippen LogP contribution in [-0.4, -0.2) is 32.4 Å². The molecule has 0 aromatic carbocycles. The first-order chi connectivity index (χ1) is 10.2. The van der Waals surface area contributed by atoms with E-state index in [2.05, 4.69) is 10.1 Å². The third-order valence-corrected chi connectivity index (χ3v) is 2.85. The van der Waals surface area contributed by atoms with Crippen LogP contribution >= 0.6 is 0 Å². The Labute approximate surface area is 120 Å². The summed E-state index contributed by atoms with van der Waals surface area (Å²) in [6, 6.07) is 4.82. The fourth-order valence-corrected chi connectivity index (χ4v) is 1.82. The Kier molecular flexibility index (Phi) is 4.75. The van der Waals surface area contributed by atoms with Crippen LogP contribution in [0, 0.1) is 0 Å². The molecule has 0 aliphatic rings. The van der Waals surface area contributed by atoms with Crippen LogP contribution in [0.15, 0.2) is 35.4 Å². The van der Waals surface area contributed by atoms with Crippen LogP contribution in [0.4, 0.5) is 0 Å². The molecule has 2 heterocycles. The Morgan fingerprint density at radius 2 is 2.10 bits per heavy atom. The monoisotopic (exact) mass is 289 g/mol. The van der Waals surface area contributed by atoms with Crippen LogP contribution in [-0.2, 0) is 6.54 Å². The molecule has 0 unspecified atom stereocenters. The zero-order chi connectivity index (χ0) is 15.2. The molecule has 1 amide bonds.